The summed E-state index contributed by atoms with van der Waals surface area (Å²) < 4.78 is 9.81. The largest absolute Gasteiger partial charge is 0.472 e. The summed E-state index contributed by atoms with van der Waals surface area (Å²) in [5.41, 5.74) is 1.94. The van der Waals surface area contributed by atoms with Crippen molar-refractivity contribution in [3.63, 3.8) is 0 Å². The number of hydrogen-bond donors (Lipinski definition) is 1. The molecule has 0 spiro atoms. The summed E-state index contributed by atoms with van der Waals surface area (Å²) in [5.74, 6) is -0.116. The summed E-state index contributed by atoms with van der Waals surface area (Å²) in [6, 6.07) is 3.67. The molecule has 2 aromatic heterocycles. The van der Waals surface area contributed by atoms with Crippen LogP contribution in [0.5, 0.6) is 0 Å². The normalized spacial score (nSPS) is 10.8. The van der Waals surface area contributed by atoms with Crippen LogP contribution in [0.2, 0.25) is 0 Å². The number of furan rings is 2. The first-order valence-corrected chi connectivity index (χ1v) is 5.34. The molecule has 0 aliphatic carbocycles. The van der Waals surface area contributed by atoms with Gasteiger partial charge >= 0.3 is 0 Å². The van der Waals surface area contributed by atoms with Crippen LogP contribution in [0.25, 0.3) is 6.08 Å². The number of amides is 1. The lowest BCUT2D eigenvalue weighted by Gasteiger charge is -1.99. The first-order valence-electron chi connectivity index (χ1n) is 5.34. The van der Waals surface area contributed by atoms with E-state index in [9.17, 15) is 4.79 Å². The molecule has 0 saturated carbocycles. The summed E-state index contributed by atoms with van der Waals surface area (Å²) in [4.78, 5) is 11.4. The van der Waals surface area contributed by atoms with Gasteiger partial charge in [0.2, 0.25) is 5.91 Å². The third-order valence-corrected chi connectivity index (χ3v) is 2.26. The van der Waals surface area contributed by atoms with Gasteiger partial charge in [-0.25, -0.2) is 0 Å². The number of rotatable bonds is 5. The summed E-state index contributed by atoms with van der Waals surface area (Å²) in [6.07, 6.45) is 10.4. The molecular weight excluding hydrogens is 218 g/mol. The molecule has 0 aliphatic heterocycles. The molecule has 1 N–H and O–H groups in total. The molecule has 4 heteroatoms. The molecule has 0 aromatic carbocycles. The van der Waals surface area contributed by atoms with Gasteiger partial charge < -0.3 is 14.2 Å². The maximum atomic E-state index is 11.4. The number of carbonyl (C=O) groups is 1. The Balaban J connectivity index is 1.71. The Kier molecular flexibility index (Phi) is 3.81. The van der Waals surface area contributed by atoms with Crippen LogP contribution in [0.1, 0.15) is 11.1 Å². The van der Waals surface area contributed by atoms with E-state index in [4.69, 9.17) is 8.83 Å². The third-order valence-electron chi connectivity index (χ3n) is 2.26. The summed E-state index contributed by atoms with van der Waals surface area (Å²) >= 11 is 0. The second-order valence-electron chi connectivity index (χ2n) is 3.56. The molecule has 0 saturated heterocycles. The summed E-state index contributed by atoms with van der Waals surface area (Å²) in [5, 5.41) is 2.79. The zero-order chi connectivity index (χ0) is 11.9. The van der Waals surface area contributed by atoms with Crippen molar-refractivity contribution in [2.45, 2.75) is 6.42 Å². The molecule has 0 radical (unpaired) electrons. The van der Waals surface area contributed by atoms with Crippen molar-refractivity contribution in [1.29, 1.82) is 0 Å². The standard InChI is InChI=1S/C13H13NO3/c15-13(2-1-11-4-7-16-9-11)14-6-3-12-5-8-17-10-12/h1-2,4-5,7-10H,3,6H2,(H,14,15). The summed E-state index contributed by atoms with van der Waals surface area (Å²) in [7, 11) is 0. The van der Waals surface area contributed by atoms with Crippen LogP contribution >= 0.6 is 0 Å². The van der Waals surface area contributed by atoms with Crippen molar-refractivity contribution in [3.8, 4) is 0 Å². The molecule has 88 valence electrons. The molecule has 0 unspecified atom stereocenters. The molecule has 0 aliphatic rings. The van der Waals surface area contributed by atoms with Crippen molar-refractivity contribution in [2.75, 3.05) is 6.54 Å². The van der Waals surface area contributed by atoms with Gasteiger partial charge in [-0.2, -0.15) is 0 Å². The average molecular weight is 231 g/mol. The Hall–Kier alpha value is -2.23. The molecule has 0 fully saturated rings. The van der Waals surface area contributed by atoms with E-state index in [-0.39, 0.29) is 5.91 Å². The zero-order valence-electron chi connectivity index (χ0n) is 9.26. The fourth-order valence-corrected chi connectivity index (χ4v) is 1.37. The Morgan fingerprint density at radius 3 is 2.76 bits per heavy atom. The van der Waals surface area contributed by atoms with E-state index < -0.39 is 0 Å². The number of carbonyl (C=O) groups excluding carboxylic acids is 1. The van der Waals surface area contributed by atoms with Gasteiger partial charge in [0.1, 0.15) is 0 Å². The van der Waals surface area contributed by atoms with Crippen LogP contribution < -0.4 is 5.32 Å². The van der Waals surface area contributed by atoms with E-state index in [2.05, 4.69) is 5.32 Å². The van der Waals surface area contributed by atoms with Crippen LogP contribution in [0.4, 0.5) is 0 Å². The minimum atomic E-state index is -0.116. The second-order valence-corrected chi connectivity index (χ2v) is 3.56. The van der Waals surface area contributed by atoms with Gasteiger partial charge in [-0.05, 0) is 30.2 Å². The number of nitrogens with one attached hydrogen (secondary N) is 1. The molecule has 0 atom stereocenters. The van der Waals surface area contributed by atoms with Crippen molar-refractivity contribution in [1.82, 2.24) is 5.32 Å². The van der Waals surface area contributed by atoms with Crippen molar-refractivity contribution >= 4 is 12.0 Å². The zero-order valence-corrected chi connectivity index (χ0v) is 9.26. The maximum Gasteiger partial charge on any atom is 0.244 e. The summed E-state index contributed by atoms with van der Waals surface area (Å²) in [6.45, 7) is 0.591. The third kappa shape index (κ3) is 3.68. The quantitative estimate of drug-likeness (QED) is 0.803. The Morgan fingerprint density at radius 2 is 2.06 bits per heavy atom. The number of hydrogen-bond acceptors (Lipinski definition) is 3. The highest BCUT2D eigenvalue weighted by atomic mass is 16.3. The highest BCUT2D eigenvalue weighted by Crippen LogP contribution is 2.02. The van der Waals surface area contributed by atoms with E-state index in [0.29, 0.717) is 6.54 Å². The molecular formula is C13H13NO3. The van der Waals surface area contributed by atoms with Crippen molar-refractivity contribution in [3.05, 3.63) is 54.4 Å². The highest BCUT2D eigenvalue weighted by Gasteiger charge is 1.97. The van der Waals surface area contributed by atoms with Gasteiger partial charge in [-0.3, -0.25) is 4.79 Å². The molecule has 4 nitrogen and oxygen atoms in total. The molecule has 0 bridgehead atoms. The lowest BCUT2D eigenvalue weighted by atomic mass is 10.2. The first kappa shape index (κ1) is 11.3. The van der Waals surface area contributed by atoms with Crippen molar-refractivity contribution < 1.29 is 13.6 Å². The maximum absolute atomic E-state index is 11.4. The highest BCUT2D eigenvalue weighted by molar-refractivity contribution is 5.91. The molecule has 2 heterocycles. The van der Waals surface area contributed by atoms with Crippen molar-refractivity contribution in [2.24, 2.45) is 0 Å². The van der Waals surface area contributed by atoms with Gasteiger partial charge in [0.25, 0.3) is 0 Å². The van der Waals surface area contributed by atoms with Gasteiger partial charge in [0.05, 0.1) is 25.1 Å². The Morgan fingerprint density at radius 1 is 1.24 bits per heavy atom. The monoisotopic (exact) mass is 231 g/mol. The van der Waals surface area contributed by atoms with E-state index in [1.807, 2.05) is 6.07 Å². The topological polar surface area (TPSA) is 55.4 Å². The average Bonchev–Trinajstić information content (AvgIpc) is 2.99. The predicted molar refractivity (Wildman–Crippen MR) is 63.2 cm³/mol. The smallest absolute Gasteiger partial charge is 0.244 e. The molecule has 2 rings (SSSR count). The van der Waals surface area contributed by atoms with Crippen LogP contribution in [-0.4, -0.2) is 12.5 Å². The molecule has 17 heavy (non-hydrogen) atoms. The Bertz CT molecular complexity index is 469. The lowest BCUT2D eigenvalue weighted by Crippen LogP contribution is -2.23. The lowest BCUT2D eigenvalue weighted by molar-refractivity contribution is -0.116. The van der Waals surface area contributed by atoms with Crippen LogP contribution in [0.3, 0.4) is 0 Å². The van der Waals surface area contributed by atoms with Crippen LogP contribution in [0, 0.1) is 0 Å². The Labute approximate surface area is 98.9 Å². The van der Waals surface area contributed by atoms with E-state index >= 15 is 0 Å². The van der Waals surface area contributed by atoms with Gasteiger partial charge in [-0.15, -0.1) is 0 Å². The fourth-order valence-electron chi connectivity index (χ4n) is 1.37. The van der Waals surface area contributed by atoms with Gasteiger partial charge in [0.15, 0.2) is 0 Å². The minimum Gasteiger partial charge on any atom is -0.472 e. The van der Waals surface area contributed by atoms with E-state index in [0.717, 1.165) is 17.5 Å². The van der Waals surface area contributed by atoms with Crippen LogP contribution in [0.15, 0.2) is 52.1 Å². The van der Waals surface area contributed by atoms with E-state index in [1.165, 1.54) is 6.08 Å². The van der Waals surface area contributed by atoms with E-state index in [1.54, 1.807) is 37.2 Å². The predicted octanol–water partition coefficient (Wildman–Crippen LogP) is 2.24. The van der Waals surface area contributed by atoms with Gasteiger partial charge in [-0.1, -0.05) is 0 Å². The fraction of sp³-hybridized carbons (Fsp3) is 0.154. The van der Waals surface area contributed by atoms with Gasteiger partial charge in [0, 0.05) is 18.2 Å². The first-order chi connectivity index (χ1) is 8.34. The molecule has 1 amide bonds. The SMILES string of the molecule is O=C(C=Cc1ccoc1)NCCc1ccoc1. The molecule has 2 aromatic rings. The van der Waals surface area contributed by atoms with Crippen LogP contribution in [-0.2, 0) is 11.2 Å². The minimum absolute atomic E-state index is 0.116. The second kappa shape index (κ2) is 5.75.